The Bertz CT molecular complexity index is 468. The number of amides is 1. The molecule has 0 spiro atoms. The molecule has 0 aromatic heterocycles. The van der Waals surface area contributed by atoms with Crippen LogP contribution in [-0.2, 0) is 20.8 Å². The fourth-order valence-electron chi connectivity index (χ4n) is 1.76. The van der Waals surface area contributed by atoms with Crippen LogP contribution in [0.15, 0.2) is 24.3 Å². The molecule has 1 heterocycles. The van der Waals surface area contributed by atoms with E-state index in [0.717, 1.165) is 5.56 Å². The summed E-state index contributed by atoms with van der Waals surface area (Å²) >= 11 is 0. The van der Waals surface area contributed by atoms with E-state index in [1.165, 1.54) is 12.1 Å². The summed E-state index contributed by atoms with van der Waals surface area (Å²) in [5.74, 6) is -1.24. The third-order valence-electron chi connectivity index (χ3n) is 2.75. The van der Waals surface area contributed by atoms with Crippen LogP contribution in [0.25, 0.3) is 0 Å². The molecule has 1 aromatic rings. The van der Waals surface area contributed by atoms with Gasteiger partial charge in [-0.05, 0) is 17.7 Å². The Hall–Kier alpha value is -1.92. The molecule has 0 unspecified atom stereocenters. The second-order valence-corrected chi connectivity index (χ2v) is 4.16. The summed E-state index contributed by atoms with van der Waals surface area (Å²) in [6.07, 6.45) is -0.587. The van der Waals surface area contributed by atoms with Gasteiger partial charge in [-0.25, -0.2) is 4.79 Å². The van der Waals surface area contributed by atoms with Crippen LogP contribution in [0, 0.1) is 0 Å². The van der Waals surface area contributed by atoms with Crippen molar-refractivity contribution >= 4 is 11.9 Å². The number of rotatable bonds is 4. The van der Waals surface area contributed by atoms with Crippen molar-refractivity contribution in [1.29, 1.82) is 0 Å². The van der Waals surface area contributed by atoms with Crippen molar-refractivity contribution in [2.75, 3.05) is 19.8 Å². The lowest BCUT2D eigenvalue weighted by molar-refractivity contribution is -0.147. The average molecular weight is 265 g/mol. The van der Waals surface area contributed by atoms with Crippen LogP contribution in [0.4, 0.5) is 0 Å². The standard InChI is InChI=1S/C13H15NO5/c15-12(11-8-18-4-5-19-11)14-7-9-2-1-3-10(6-9)13(16)17/h1-3,6,11H,4-5,7-8H2,(H,14,15)(H,16,17)/t11-/m1/s1. The predicted octanol–water partition coefficient (Wildman–Crippen LogP) is 0.416. The number of carbonyl (C=O) groups excluding carboxylic acids is 1. The molecule has 0 bridgehead atoms. The zero-order valence-electron chi connectivity index (χ0n) is 10.3. The fraction of sp³-hybridized carbons (Fsp3) is 0.385. The van der Waals surface area contributed by atoms with Crippen LogP contribution in [0.3, 0.4) is 0 Å². The monoisotopic (exact) mass is 265 g/mol. The van der Waals surface area contributed by atoms with Gasteiger partial charge in [-0.3, -0.25) is 4.79 Å². The van der Waals surface area contributed by atoms with Crippen LogP contribution in [0.2, 0.25) is 0 Å². The molecular formula is C13H15NO5. The summed E-state index contributed by atoms with van der Waals surface area (Å²) in [6.45, 7) is 1.43. The van der Waals surface area contributed by atoms with Gasteiger partial charge >= 0.3 is 5.97 Å². The van der Waals surface area contributed by atoms with E-state index >= 15 is 0 Å². The highest BCUT2D eigenvalue weighted by Gasteiger charge is 2.22. The minimum Gasteiger partial charge on any atom is -0.478 e. The zero-order valence-corrected chi connectivity index (χ0v) is 10.3. The van der Waals surface area contributed by atoms with Gasteiger partial charge in [-0.2, -0.15) is 0 Å². The van der Waals surface area contributed by atoms with E-state index < -0.39 is 12.1 Å². The molecule has 1 saturated heterocycles. The normalized spacial score (nSPS) is 18.8. The Morgan fingerprint density at radius 3 is 2.89 bits per heavy atom. The minimum absolute atomic E-state index is 0.198. The molecule has 1 atom stereocenters. The molecule has 1 amide bonds. The minimum atomic E-state index is -0.989. The Morgan fingerprint density at radius 1 is 1.37 bits per heavy atom. The molecule has 19 heavy (non-hydrogen) atoms. The van der Waals surface area contributed by atoms with Crippen LogP contribution in [0.1, 0.15) is 15.9 Å². The summed E-state index contributed by atoms with van der Waals surface area (Å²) in [5.41, 5.74) is 0.925. The summed E-state index contributed by atoms with van der Waals surface area (Å²) < 4.78 is 10.4. The van der Waals surface area contributed by atoms with E-state index in [9.17, 15) is 9.59 Å². The van der Waals surface area contributed by atoms with Gasteiger partial charge in [0, 0.05) is 6.54 Å². The first-order valence-electron chi connectivity index (χ1n) is 5.96. The Labute approximate surface area is 110 Å². The highest BCUT2D eigenvalue weighted by Crippen LogP contribution is 2.06. The van der Waals surface area contributed by atoms with Crippen molar-refractivity contribution in [3.05, 3.63) is 35.4 Å². The molecule has 2 N–H and O–H groups in total. The van der Waals surface area contributed by atoms with Gasteiger partial charge < -0.3 is 19.9 Å². The largest absolute Gasteiger partial charge is 0.478 e. The van der Waals surface area contributed by atoms with Gasteiger partial charge in [-0.1, -0.05) is 12.1 Å². The summed E-state index contributed by atoms with van der Waals surface area (Å²) in [6, 6.07) is 6.43. The first kappa shape index (κ1) is 13.5. The average Bonchev–Trinajstić information content (AvgIpc) is 2.46. The lowest BCUT2D eigenvalue weighted by Crippen LogP contribution is -2.42. The first-order chi connectivity index (χ1) is 9.16. The van der Waals surface area contributed by atoms with Gasteiger partial charge in [0.1, 0.15) is 0 Å². The highest BCUT2D eigenvalue weighted by molar-refractivity contribution is 5.87. The fourth-order valence-corrected chi connectivity index (χ4v) is 1.76. The number of ether oxygens (including phenoxy) is 2. The molecule has 6 nitrogen and oxygen atoms in total. The molecule has 0 saturated carbocycles. The molecule has 2 rings (SSSR count). The van der Waals surface area contributed by atoms with E-state index in [4.69, 9.17) is 14.6 Å². The quantitative estimate of drug-likeness (QED) is 0.824. The van der Waals surface area contributed by atoms with Crippen molar-refractivity contribution in [3.63, 3.8) is 0 Å². The maximum atomic E-state index is 11.8. The highest BCUT2D eigenvalue weighted by atomic mass is 16.6. The molecule has 1 fully saturated rings. The second-order valence-electron chi connectivity index (χ2n) is 4.16. The number of benzene rings is 1. The zero-order chi connectivity index (χ0) is 13.7. The van der Waals surface area contributed by atoms with E-state index in [-0.39, 0.29) is 24.6 Å². The van der Waals surface area contributed by atoms with E-state index in [1.807, 2.05) is 0 Å². The summed E-state index contributed by atoms with van der Waals surface area (Å²) in [7, 11) is 0. The van der Waals surface area contributed by atoms with Crippen molar-refractivity contribution in [2.24, 2.45) is 0 Å². The first-order valence-corrected chi connectivity index (χ1v) is 5.96. The van der Waals surface area contributed by atoms with E-state index in [1.54, 1.807) is 12.1 Å². The lowest BCUT2D eigenvalue weighted by Gasteiger charge is -2.22. The third-order valence-corrected chi connectivity index (χ3v) is 2.75. The Balaban J connectivity index is 1.89. The number of hydrogen-bond acceptors (Lipinski definition) is 4. The molecule has 1 aliphatic heterocycles. The maximum absolute atomic E-state index is 11.8. The Morgan fingerprint density at radius 2 is 2.21 bits per heavy atom. The molecule has 0 aliphatic carbocycles. The van der Waals surface area contributed by atoms with E-state index in [0.29, 0.717) is 13.2 Å². The third kappa shape index (κ3) is 3.77. The number of carboxylic acids is 1. The van der Waals surface area contributed by atoms with Crippen LogP contribution >= 0.6 is 0 Å². The smallest absolute Gasteiger partial charge is 0.335 e. The van der Waals surface area contributed by atoms with Crippen LogP contribution in [-0.4, -0.2) is 42.9 Å². The van der Waals surface area contributed by atoms with Crippen molar-refractivity contribution in [3.8, 4) is 0 Å². The van der Waals surface area contributed by atoms with Crippen molar-refractivity contribution < 1.29 is 24.2 Å². The summed E-state index contributed by atoms with van der Waals surface area (Å²) in [5, 5.41) is 11.6. The van der Waals surface area contributed by atoms with Gasteiger partial charge in [0.15, 0.2) is 6.10 Å². The van der Waals surface area contributed by atoms with Crippen molar-refractivity contribution in [2.45, 2.75) is 12.6 Å². The number of aromatic carboxylic acids is 1. The summed E-state index contributed by atoms with van der Waals surface area (Å²) in [4.78, 5) is 22.6. The number of carbonyl (C=O) groups is 2. The van der Waals surface area contributed by atoms with E-state index in [2.05, 4.69) is 5.32 Å². The van der Waals surface area contributed by atoms with Gasteiger partial charge in [0.25, 0.3) is 5.91 Å². The second kappa shape index (κ2) is 6.31. The van der Waals surface area contributed by atoms with Gasteiger partial charge in [-0.15, -0.1) is 0 Å². The Kier molecular flexibility index (Phi) is 4.48. The predicted molar refractivity (Wildman–Crippen MR) is 65.8 cm³/mol. The van der Waals surface area contributed by atoms with Crippen LogP contribution in [0.5, 0.6) is 0 Å². The number of carboxylic acid groups (broad SMARTS) is 1. The van der Waals surface area contributed by atoms with Gasteiger partial charge in [0.05, 0.1) is 25.4 Å². The van der Waals surface area contributed by atoms with Crippen molar-refractivity contribution in [1.82, 2.24) is 5.32 Å². The molecule has 102 valence electrons. The van der Waals surface area contributed by atoms with Crippen LogP contribution < -0.4 is 5.32 Å². The lowest BCUT2D eigenvalue weighted by atomic mass is 10.1. The van der Waals surface area contributed by atoms with Gasteiger partial charge in [0.2, 0.25) is 0 Å². The number of nitrogens with one attached hydrogen (secondary N) is 1. The SMILES string of the molecule is O=C(O)c1cccc(CNC(=O)[C@H]2COCCO2)c1. The molecule has 6 heteroatoms. The topological polar surface area (TPSA) is 84.9 Å². The number of hydrogen-bond donors (Lipinski definition) is 2. The molecule has 0 radical (unpaired) electrons. The maximum Gasteiger partial charge on any atom is 0.335 e. The molecule has 1 aliphatic rings. The molecular weight excluding hydrogens is 250 g/mol. The molecule has 1 aromatic carbocycles.